The molecule has 28 heavy (non-hydrogen) atoms. The van der Waals surface area contributed by atoms with Gasteiger partial charge < -0.3 is 0 Å². The number of halogens is 2. The third-order valence-corrected chi connectivity index (χ3v) is 5.07. The zero-order valence-electron chi connectivity index (χ0n) is 14.5. The van der Waals surface area contributed by atoms with Gasteiger partial charge in [-0.2, -0.15) is 0 Å². The molecule has 0 amide bonds. The van der Waals surface area contributed by atoms with Crippen LogP contribution in [0.1, 0.15) is 0 Å². The van der Waals surface area contributed by atoms with Crippen LogP contribution < -0.4 is 0 Å². The molecule has 0 radical (unpaired) electrons. The minimum atomic E-state index is 0.427. The first-order valence-corrected chi connectivity index (χ1v) is 9.40. The Morgan fingerprint density at radius 2 is 0.964 bits per heavy atom. The van der Waals surface area contributed by atoms with E-state index in [-0.39, 0.29) is 0 Å². The van der Waals surface area contributed by atoms with Crippen LogP contribution in [0, 0.1) is 0 Å². The maximum Gasteiger partial charge on any atom is 0.161 e. The maximum atomic E-state index is 6.36. The Labute approximate surface area is 170 Å². The van der Waals surface area contributed by atoms with Crippen molar-refractivity contribution in [3.05, 3.63) is 83.1 Å². The Bertz CT molecular complexity index is 1250. The van der Waals surface area contributed by atoms with E-state index in [0.717, 1.165) is 32.9 Å². The van der Waals surface area contributed by atoms with E-state index in [0.29, 0.717) is 22.0 Å². The molecule has 0 atom stereocenters. The van der Waals surface area contributed by atoms with Crippen molar-refractivity contribution in [1.82, 2.24) is 19.9 Å². The van der Waals surface area contributed by atoms with E-state index in [9.17, 15) is 0 Å². The summed E-state index contributed by atoms with van der Waals surface area (Å²) in [5, 5.41) is 2.51. The molecular formula is C22H12Cl2N4. The number of hydrogen-bond donors (Lipinski definition) is 0. The van der Waals surface area contributed by atoms with Crippen LogP contribution in [0.2, 0.25) is 10.3 Å². The van der Waals surface area contributed by atoms with Crippen LogP contribution in [0.4, 0.5) is 0 Å². The highest BCUT2D eigenvalue weighted by molar-refractivity contribution is 6.34. The molecule has 4 nitrogen and oxygen atoms in total. The zero-order valence-corrected chi connectivity index (χ0v) is 16.0. The lowest BCUT2D eigenvalue weighted by Gasteiger charge is -2.08. The van der Waals surface area contributed by atoms with Crippen LogP contribution in [-0.4, -0.2) is 19.9 Å². The highest BCUT2D eigenvalue weighted by Gasteiger charge is 2.11. The summed E-state index contributed by atoms with van der Waals surface area (Å²) in [6.45, 7) is 0. The molecule has 0 saturated carbocycles. The van der Waals surface area contributed by atoms with Gasteiger partial charge in [-0.05, 0) is 30.3 Å². The first-order chi connectivity index (χ1) is 13.7. The fourth-order valence-electron chi connectivity index (χ4n) is 3.13. The molecule has 0 aliphatic heterocycles. The van der Waals surface area contributed by atoms with Gasteiger partial charge in [0, 0.05) is 21.9 Å². The fraction of sp³-hybridized carbons (Fsp3) is 0. The standard InChI is InChI=1S/C22H12Cl2N4/c23-19-15-8-1-3-10-17(15)25-21(27-19)13-6-5-7-14(12-13)22-26-18-11-4-2-9-16(18)20(24)28-22/h1-12H. The molecule has 0 N–H and O–H groups in total. The van der Waals surface area contributed by atoms with Gasteiger partial charge in [-0.3, -0.25) is 0 Å². The number of para-hydroxylation sites is 2. The topological polar surface area (TPSA) is 51.6 Å². The molecule has 0 spiro atoms. The van der Waals surface area contributed by atoms with Crippen LogP contribution in [0.3, 0.4) is 0 Å². The van der Waals surface area contributed by atoms with Crippen molar-refractivity contribution in [3.63, 3.8) is 0 Å². The van der Waals surface area contributed by atoms with Gasteiger partial charge >= 0.3 is 0 Å². The highest BCUT2D eigenvalue weighted by atomic mass is 35.5. The zero-order chi connectivity index (χ0) is 19.1. The van der Waals surface area contributed by atoms with Crippen LogP contribution in [-0.2, 0) is 0 Å². The van der Waals surface area contributed by atoms with Crippen molar-refractivity contribution in [2.75, 3.05) is 0 Å². The van der Waals surface area contributed by atoms with Crippen molar-refractivity contribution in [1.29, 1.82) is 0 Å². The molecule has 0 aliphatic rings. The largest absolute Gasteiger partial charge is 0.228 e. The molecule has 0 aliphatic carbocycles. The molecule has 2 aromatic heterocycles. The molecule has 0 saturated heterocycles. The molecule has 2 heterocycles. The van der Waals surface area contributed by atoms with E-state index in [4.69, 9.17) is 23.2 Å². The summed E-state index contributed by atoms with van der Waals surface area (Å²) in [4.78, 5) is 18.2. The molecule has 0 fully saturated rings. The number of fused-ring (bicyclic) bond motifs is 2. The van der Waals surface area contributed by atoms with Gasteiger partial charge in [0.25, 0.3) is 0 Å². The summed E-state index contributed by atoms with van der Waals surface area (Å²) in [6, 6.07) is 23.1. The van der Waals surface area contributed by atoms with Crippen LogP contribution in [0.15, 0.2) is 72.8 Å². The molecule has 3 aromatic carbocycles. The van der Waals surface area contributed by atoms with Crippen molar-refractivity contribution in [2.45, 2.75) is 0 Å². The second kappa shape index (κ2) is 6.82. The summed E-state index contributed by atoms with van der Waals surface area (Å²) >= 11 is 12.7. The highest BCUT2D eigenvalue weighted by Crippen LogP contribution is 2.29. The van der Waals surface area contributed by atoms with Gasteiger partial charge in [-0.1, -0.05) is 65.7 Å². The number of aromatic nitrogens is 4. The lowest BCUT2D eigenvalue weighted by atomic mass is 10.1. The molecule has 5 rings (SSSR count). The Kier molecular flexibility index (Phi) is 4.15. The summed E-state index contributed by atoms with van der Waals surface area (Å²) in [5.74, 6) is 1.11. The summed E-state index contributed by atoms with van der Waals surface area (Å²) in [6.07, 6.45) is 0. The number of hydrogen-bond acceptors (Lipinski definition) is 4. The van der Waals surface area contributed by atoms with Crippen molar-refractivity contribution in [3.8, 4) is 22.8 Å². The van der Waals surface area contributed by atoms with Crippen LogP contribution in [0.5, 0.6) is 0 Å². The van der Waals surface area contributed by atoms with Gasteiger partial charge in [0.15, 0.2) is 11.6 Å². The summed E-state index contributed by atoms with van der Waals surface area (Å²) in [7, 11) is 0. The van der Waals surface area contributed by atoms with Gasteiger partial charge in [-0.15, -0.1) is 0 Å². The average Bonchev–Trinajstić information content (AvgIpc) is 2.74. The Morgan fingerprint density at radius 1 is 0.500 bits per heavy atom. The molecule has 0 unspecified atom stereocenters. The molecule has 5 aromatic rings. The Morgan fingerprint density at radius 3 is 1.46 bits per heavy atom. The number of rotatable bonds is 2. The predicted molar refractivity (Wildman–Crippen MR) is 114 cm³/mol. The normalized spacial score (nSPS) is 11.2. The third kappa shape index (κ3) is 2.97. The maximum absolute atomic E-state index is 6.36. The molecule has 6 heteroatoms. The lowest BCUT2D eigenvalue weighted by Crippen LogP contribution is -1.94. The summed E-state index contributed by atoms with van der Waals surface area (Å²) < 4.78 is 0. The van der Waals surface area contributed by atoms with E-state index in [1.54, 1.807) is 0 Å². The molecule has 0 bridgehead atoms. The van der Waals surface area contributed by atoms with Crippen LogP contribution >= 0.6 is 23.2 Å². The number of nitrogens with zero attached hydrogens (tertiary/aromatic N) is 4. The van der Waals surface area contributed by atoms with Crippen molar-refractivity contribution >= 4 is 45.0 Å². The second-order valence-corrected chi connectivity index (χ2v) is 7.01. The first kappa shape index (κ1) is 17.0. The minimum Gasteiger partial charge on any atom is -0.228 e. The van der Waals surface area contributed by atoms with Gasteiger partial charge in [0.1, 0.15) is 10.3 Å². The Balaban J connectivity index is 1.65. The average molecular weight is 403 g/mol. The predicted octanol–water partition coefficient (Wildman–Crippen LogP) is 6.21. The van der Waals surface area contributed by atoms with E-state index in [1.165, 1.54) is 0 Å². The van der Waals surface area contributed by atoms with E-state index < -0.39 is 0 Å². The fourth-order valence-corrected chi connectivity index (χ4v) is 3.61. The summed E-state index contributed by atoms with van der Waals surface area (Å²) in [5.41, 5.74) is 3.26. The van der Waals surface area contributed by atoms with Crippen LogP contribution in [0.25, 0.3) is 44.6 Å². The SMILES string of the molecule is Clc1nc(-c2cccc(-c3nc(Cl)c4ccccc4n3)c2)nc2ccccc12. The number of benzene rings is 3. The third-order valence-electron chi connectivity index (χ3n) is 4.49. The van der Waals surface area contributed by atoms with E-state index >= 15 is 0 Å². The molecule has 134 valence electrons. The second-order valence-electron chi connectivity index (χ2n) is 6.29. The molecular weight excluding hydrogens is 391 g/mol. The smallest absolute Gasteiger partial charge is 0.161 e. The van der Waals surface area contributed by atoms with E-state index in [2.05, 4.69) is 19.9 Å². The van der Waals surface area contributed by atoms with Crippen molar-refractivity contribution < 1.29 is 0 Å². The quantitative estimate of drug-likeness (QED) is 0.329. The monoisotopic (exact) mass is 402 g/mol. The van der Waals surface area contributed by atoms with Gasteiger partial charge in [-0.25, -0.2) is 19.9 Å². The van der Waals surface area contributed by atoms with Gasteiger partial charge in [0.05, 0.1) is 11.0 Å². The lowest BCUT2D eigenvalue weighted by molar-refractivity contribution is 1.21. The minimum absolute atomic E-state index is 0.427. The van der Waals surface area contributed by atoms with E-state index in [1.807, 2.05) is 72.8 Å². The first-order valence-electron chi connectivity index (χ1n) is 8.64. The van der Waals surface area contributed by atoms with Gasteiger partial charge in [0.2, 0.25) is 0 Å². The Hall–Kier alpha value is -3.08. The van der Waals surface area contributed by atoms with Crippen molar-refractivity contribution in [2.24, 2.45) is 0 Å².